The molecular formula is C8H15N3. The molecule has 3 nitrogen and oxygen atoms in total. The Morgan fingerprint density at radius 3 is 2.73 bits per heavy atom. The van der Waals surface area contributed by atoms with Gasteiger partial charge in [-0.3, -0.25) is 0 Å². The summed E-state index contributed by atoms with van der Waals surface area (Å²) in [5.41, 5.74) is 1.14. The van der Waals surface area contributed by atoms with E-state index >= 15 is 0 Å². The van der Waals surface area contributed by atoms with Gasteiger partial charge in [0.25, 0.3) is 0 Å². The molecule has 1 aromatic heterocycles. The Kier molecular flexibility index (Phi) is 2.65. The molecule has 62 valence electrons. The van der Waals surface area contributed by atoms with Crippen molar-refractivity contribution < 1.29 is 0 Å². The third-order valence-electron chi connectivity index (χ3n) is 1.55. The molecule has 0 bridgehead atoms. The summed E-state index contributed by atoms with van der Waals surface area (Å²) in [4.78, 5) is 9.55. The van der Waals surface area contributed by atoms with Gasteiger partial charge in [-0.1, -0.05) is 0 Å². The number of nitrogens with zero attached hydrogens (tertiary/aromatic N) is 2. The van der Waals surface area contributed by atoms with E-state index in [0.29, 0.717) is 0 Å². The molecule has 0 saturated heterocycles. The molecule has 1 N–H and O–H groups in total. The molecule has 0 spiro atoms. The molecule has 0 aliphatic heterocycles. The monoisotopic (exact) mass is 153 g/mol. The normalized spacial score (nSPS) is 10.9. The van der Waals surface area contributed by atoms with E-state index in [4.69, 9.17) is 0 Å². The molecule has 0 fully saturated rings. The third-order valence-corrected chi connectivity index (χ3v) is 1.55. The molecule has 0 aromatic carbocycles. The molecule has 1 heterocycles. The van der Waals surface area contributed by atoms with Gasteiger partial charge in [0.15, 0.2) is 0 Å². The molecule has 0 saturated carbocycles. The highest BCUT2D eigenvalue weighted by Gasteiger charge is 1.97. The summed E-state index contributed by atoms with van der Waals surface area (Å²) in [5, 5.41) is 0. The quantitative estimate of drug-likeness (QED) is 0.697. The van der Waals surface area contributed by atoms with Gasteiger partial charge in [0.2, 0.25) is 0 Å². The maximum Gasteiger partial charge on any atom is 0.107 e. The molecule has 0 radical (unpaired) electrons. The van der Waals surface area contributed by atoms with Gasteiger partial charge in [0.1, 0.15) is 5.82 Å². The third kappa shape index (κ3) is 2.72. The second-order valence-electron chi connectivity index (χ2n) is 3.07. The molecular weight excluding hydrogens is 138 g/mol. The van der Waals surface area contributed by atoms with E-state index in [1.807, 2.05) is 13.1 Å². The maximum absolute atomic E-state index is 4.21. The first-order valence-electron chi connectivity index (χ1n) is 3.83. The average Bonchev–Trinajstić information content (AvgIpc) is 2.31. The molecule has 1 aromatic rings. The number of rotatable bonds is 3. The highest BCUT2D eigenvalue weighted by atomic mass is 15.1. The van der Waals surface area contributed by atoms with Crippen LogP contribution in [0.25, 0.3) is 0 Å². The predicted molar refractivity (Wildman–Crippen MR) is 45.6 cm³/mol. The van der Waals surface area contributed by atoms with Crippen LogP contribution in [-0.4, -0.2) is 35.5 Å². The van der Waals surface area contributed by atoms with E-state index in [2.05, 4.69) is 29.0 Å². The summed E-state index contributed by atoms with van der Waals surface area (Å²) in [7, 11) is 4.13. The van der Waals surface area contributed by atoms with Crippen LogP contribution >= 0.6 is 0 Å². The SMILES string of the molecule is Cc1cnc(CCN(C)C)[nH]1. The summed E-state index contributed by atoms with van der Waals surface area (Å²) >= 11 is 0. The van der Waals surface area contributed by atoms with Crippen molar-refractivity contribution in [1.29, 1.82) is 0 Å². The van der Waals surface area contributed by atoms with Crippen LogP contribution in [0, 0.1) is 6.92 Å². The number of likely N-dealkylation sites (N-methyl/N-ethyl adjacent to an activating group) is 1. The minimum atomic E-state index is 1.00. The van der Waals surface area contributed by atoms with Crippen molar-refractivity contribution in [3.63, 3.8) is 0 Å². The van der Waals surface area contributed by atoms with E-state index < -0.39 is 0 Å². The lowest BCUT2D eigenvalue weighted by atomic mass is 10.4. The number of aromatic amines is 1. The number of H-pyrrole nitrogens is 1. The van der Waals surface area contributed by atoms with Crippen molar-refractivity contribution in [2.24, 2.45) is 0 Å². The lowest BCUT2D eigenvalue weighted by Crippen LogP contribution is -2.15. The van der Waals surface area contributed by atoms with Crippen molar-refractivity contribution in [2.45, 2.75) is 13.3 Å². The lowest BCUT2D eigenvalue weighted by molar-refractivity contribution is 0.410. The van der Waals surface area contributed by atoms with Crippen molar-refractivity contribution in [3.05, 3.63) is 17.7 Å². The topological polar surface area (TPSA) is 31.9 Å². The highest BCUT2D eigenvalue weighted by Crippen LogP contribution is 1.95. The largest absolute Gasteiger partial charge is 0.346 e. The minimum Gasteiger partial charge on any atom is -0.346 e. The van der Waals surface area contributed by atoms with Crippen LogP contribution in [0.1, 0.15) is 11.5 Å². The van der Waals surface area contributed by atoms with E-state index in [9.17, 15) is 0 Å². The maximum atomic E-state index is 4.21. The van der Waals surface area contributed by atoms with Crippen molar-refractivity contribution in [2.75, 3.05) is 20.6 Å². The molecule has 11 heavy (non-hydrogen) atoms. The highest BCUT2D eigenvalue weighted by molar-refractivity contribution is 4.98. The van der Waals surface area contributed by atoms with Gasteiger partial charge in [-0.05, 0) is 21.0 Å². The Labute approximate surface area is 67.4 Å². The van der Waals surface area contributed by atoms with Gasteiger partial charge in [-0.2, -0.15) is 0 Å². The fourth-order valence-electron chi connectivity index (χ4n) is 0.923. The summed E-state index contributed by atoms with van der Waals surface area (Å²) in [5.74, 6) is 1.08. The Hall–Kier alpha value is -0.830. The fraction of sp³-hybridized carbons (Fsp3) is 0.625. The standard InChI is InChI=1S/C8H15N3/c1-7-6-9-8(10-7)4-5-11(2)3/h6H,4-5H2,1-3H3,(H,9,10). The second kappa shape index (κ2) is 3.53. The average molecular weight is 153 g/mol. The molecule has 0 aliphatic rings. The summed E-state index contributed by atoms with van der Waals surface area (Å²) in [6, 6.07) is 0. The van der Waals surface area contributed by atoms with E-state index in [1.54, 1.807) is 0 Å². The number of hydrogen-bond donors (Lipinski definition) is 1. The predicted octanol–water partition coefficient (Wildman–Crippen LogP) is 0.822. The number of aromatic nitrogens is 2. The first kappa shape index (κ1) is 8.27. The van der Waals surface area contributed by atoms with Crippen LogP contribution in [0.4, 0.5) is 0 Å². The van der Waals surface area contributed by atoms with E-state index in [1.165, 1.54) is 0 Å². The van der Waals surface area contributed by atoms with Crippen LogP contribution < -0.4 is 0 Å². The molecule has 0 unspecified atom stereocenters. The molecule has 0 atom stereocenters. The van der Waals surface area contributed by atoms with Gasteiger partial charge < -0.3 is 9.88 Å². The molecule has 0 amide bonds. The number of nitrogens with one attached hydrogen (secondary N) is 1. The lowest BCUT2D eigenvalue weighted by Gasteiger charge is -2.06. The summed E-state index contributed by atoms with van der Waals surface area (Å²) < 4.78 is 0. The first-order chi connectivity index (χ1) is 5.18. The van der Waals surface area contributed by atoms with Crippen LogP contribution in [0.15, 0.2) is 6.20 Å². The molecule has 1 rings (SSSR count). The Morgan fingerprint density at radius 1 is 1.55 bits per heavy atom. The van der Waals surface area contributed by atoms with E-state index in [0.717, 1.165) is 24.5 Å². The minimum absolute atomic E-state index is 1.00. The number of imidazole rings is 1. The smallest absolute Gasteiger partial charge is 0.107 e. The Morgan fingerprint density at radius 2 is 2.27 bits per heavy atom. The van der Waals surface area contributed by atoms with Crippen molar-refractivity contribution >= 4 is 0 Å². The van der Waals surface area contributed by atoms with Crippen LogP contribution in [-0.2, 0) is 6.42 Å². The number of hydrogen-bond acceptors (Lipinski definition) is 2. The van der Waals surface area contributed by atoms with Crippen LogP contribution in [0.2, 0.25) is 0 Å². The second-order valence-corrected chi connectivity index (χ2v) is 3.07. The molecule has 3 heteroatoms. The summed E-state index contributed by atoms with van der Waals surface area (Å²) in [6.45, 7) is 3.07. The molecule has 0 aliphatic carbocycles. The van der Waals surface area contributed by atoms with Crippen molar-refractivity contribution in [1.82, 2.24) is 14.9 Å². The Bertz CT molecular complexity index is 215. The number of aryl methyl sites for hydroxylation is 1. The zero-order valence-electron chi connectivity index (χ0n) is 7.39. The van der Waals surface area contributed by atoms with E-state index in [-0.39, 0.29) is 0 Å². The Balaban J connectivity index is 2.39. The zero-order chi connectivity index (χ0) is 8.27. The van der Waals surface area contributed by atoms with Gasteiger partial charge in [0.05, 0.1) is 0 Å². The van der Waals surface area contributed by atoms with Gasteiger partial charge >= 0.3 is 0 Å². The first-order valence-corrected chi connectivity index (χ1v) is 3.83. The fourth-order valence-corrected chi connectivity index (χ4v) is 0.923. The zero-order valence-corrected chi connectivity index (χ0v) is 7.39. The van der Waals surface area contributed by atoms with Crippen LogP contribution in [0.3, 0.4) is 0 Å². The van der Waals surface area contributed by atoms with Gasteiger partial charge in [-0.25, -0.2) is 4.98 Å². The van der Waals surface area contributed by atoms with Crippen LogP contribution in [0.5, 0.6) is 0 Å². The summed E-state index contributed by atoms with van der Waals surface area (Å²) in [6.07, 6.45) is 2.87. The van der Waals surface area contributed by atoms with Crippen molar-refractivity contribution in [3.8, 4) is 0 Å². The van der Waals surface area contributed by atoms with Gasteiger partial charge in [-0.15, -0.1) is 0 Å². The van der Waals surface area contributed by atoms with Gasteiger partial charge in [0, 0.05) is 24.9 Å².